The average molecular weight is 265 g/mol. The van der Waals surface area contributed by atoms with Gasteiger partial charge in [-0.05, 0) is 50.8 Å². The first kappa shape index (κ1) is 15.6. The zero-order valence-electron chi connectivity index (χ0n) is 12.3. The molecule has 0 radical (unpaired) electrons. The fourth-order valence-electron chi connectivity index (χ4n) is 1.95. The SMILES string of the molecule is Cc1ccc(SCCNCCCC(C)C)c(C)c1. The number of benzene rings is 1. The predicted octanol–water partition coefficient (Wildman–Crippen LogP) is 4.42. The van der Waals surface area contributed by atoms with Crippen LogP contribution < -0.4 is 5.32 Å². The van der Waals surface area contributed by atoms with Gasteiger partial charge in [-0.2, -0.15) is 0 Å². The quantitative estimate of drug-likeness (QED) is 0.551. The summed E-state index contributed by atoms with van der Waals surface area (Å²) < 4.78 is 0. The van der Waals surface area contributed by atoms with E-state index in [2.05, 4.69) is 51.2 Å². The molecule has 1 rings (SSSR count). The van der Waals surface area contributed by atoms with Crippen molar-refractivity contribution in [2.75, 3.05) is 18.8 Å². The summed E-state index contributed by atoms with van der Waals surface area (Å²) in [6, 6.07) is 6.71. The summed E-state index contributed by atoms with van der Waals surface area (Å²) >= 11 is 1.96. The number of aryl methyl sites for hydroxylation is 2. The lowest BCUT2D eigenvalue weighted by Gasteiger charge is -2.08. The van der Waals surface area contributed by atoms with E-state index in [0.717, 1.165) is 24.8 Å². The maximum Gasteiger partial charge on any atom is 0.0106 e. The molecule has 1 aromatic rings. The lowest BCUT2D eigenvalue weighted by Crippen LogP contribution is -2.18. The van der Waals surface area contributed by atoms with Crippen molar-refractivity contribution in [1.82, 2.24) is 5.32 Å². The highest BCUT2D eigenvalue weighted by atomic mass is 32.2. The first-order valence-electron chi connectivity index (χ1n) is 7.00. The summed E-state index contributed by atoms with van der Waals surface area (Å²) in [5.74, 6) is 1.99. The van der Waals surface area contributed by atoms with Gasteiger partial charge in [-0.25, -0.2) is 0 Å². The molecule has 1 N–H and O–H groups in total. The second-order valence-corrected chi connectivity index (χ2v) is 6.54. The maximum absolute atomic E-state index is 3.52. The Bertz CT molecular complexity index is 347. The van der Waals surface area contributed by atoms with Crippen molar-refractivity contribution < 1.29 is 0 Å². The van der Waals surface area contributed by atoms with Crippen LogP contribution in [-0.2, 0) is 0 Å². The maximum atomic E-state index is 3.52. The zero-order valence-corrected chi connectivity index (χ0v) is 13.1. The fourth-order valence-corrected chi connectivity index (χ4v) is 2.87. The molecule has 0 fully saturated rings. The molecule has 0 aromatic heterocycles. The average Bonchev–Trinajstić information content (AvgIpc) is 2.30. The molecule has 0 aliphatic heterocycles. The van der Waals surface area contributed by atoms with Crippen LogP contribution in [0.4, 0.5) is 0 Å². The Kier molecular flexibility index (Phi) is 7.45. The van der Waals surface area contributed by atoms with E-state index in [1.54, 1.807) is 0 Å². The van der Waals surface area contributed by atoms with E-state index in [0.29, 0.717) is 0 Å². The minimum absolute atomic E-state index is 0.830. The van der Waals surface area contributed by atoms with E-state index in [-0.39, 0.29) is 0 Å². The molecule has 0 amide bonds. The summed E-state index contributed by atoms with van der Waals surface area (Å²) in [4.78, 5) is 1.42. The van der Waals surface area contributed by atoms with Crippen LogP contribution >= 0.6 is 11.8 Å². The van der Waals surface area contributed by atoms with Crippen molar-refractivity contribution in [2.24, 2.45) is 5.92 Å². The van der Waals surface area contributed by atoms with Crippen LogP contribution in [0.25, 0.3) is 0 Å². The van der Waals surface area contributed by atoms with Crippen LogP contribution in [0.1, 0.15) is 37.8 Å². The lowest BCUT2D eigenvalue weighted by atomic mass is 10.1. The van der Waals surface area contributed by atoms with Gasteiger partial charge in [0, 0.05) is 17.2 Å². The summed E-state index contributed by atoms with van der Waals surface area (Å²) in [6.07, 6.45) is 2.63. The van der Waals surface area contributed by atoms with Gasteiger partial charge in [-0.1, -0.05) is 31.5 Å². The first-order chi connectivity index (χ1) is 8.59. The molecular weight excluding hydrogens is 238 g/mol. The molecule has 18 heavy (non-hydrogen) atoms. The molecule has 102 valence electrons. The molecule has 1 nitrogen and oxygen atoms in total. The monoisotopic (exact) mass is 265 g/mol. The van der Waals surface area contributed by atoms with Crippen molar-refractivity contribution in [3.05, 3.63) is 29.3 Å². The summed E-state index contributed by atoms with van der Waals surface area (Å²) in [5.41, 5.74) is 2.75. The Labute approximate surface area is 117 Å². The van der Waals surface area contributed by atoms with Crippen LogP contribution in [0.5, 0.6) is 0 Å². The molecule has 0 unspecified atom stereocenters. The minimum Gasteiger partial charge on any atom is -0.316 e. The molecule has 0 bridgehead atoms. The van der Waals surface area contributed by atoms with Gasteiger partial charge < -0.3 is 5.32 Å². The number of nitrogens with one attached hydrogen (secondary N) is 1. The highest BCUT2D eigenvalue weighted by molar-refractivity contribution is 7.99. The Morgan fingerprint density at radius 3 is 2.61 bits per heavy atom. The van der Waals surface area contributed by atoms with Crippen LogP contribution in [0, 0.1) is 19.8 Å². The van der Waals surface area contributed by atoms with E-state index in [1.165, 1.54) is 28.9 Å². The number of hydrogen-bond acceptors (Lipinski definition) is 2. The van der Waals surface area contributed by atoms with Crippen molar-refractivity contribution in [1.29, 1.82) is 0 Å². The smallest absolute Gasteiger partial charge is 0.0106 e. The highest BCUT2D eigenvalue weighted by Crippen LogP contribution is 2.22. The van der Waals surface area contributed by atoms with E-state index in [1.807, 2.05) is 11.8 Å². The second-order valence-electron chi connectivity index (χ2n) is 5.40. The largest absolute Gasteiger partial charge is 0.316 e. The Morgan fingerprint density at radius 1 is 1.17 bits per heavy atom. The van der Waals surface area contributed by atoms with Crippen LogP contribution in [0.3, 0.4) is 0 Å². The lowest BCUT2D eigenvalue weighted by molar-refractivity contribution is 0.534. The molecule has 1 aromatic carbocycles. The first-order valence-corrected chi connectivity index (χ1v) is 7.99. The van der Waals surface area contributed by atoms with Gasteiger partial charge in [0.15, 0.2) is 0 Å². The predicted molar refractivity (Wildman–Crippen MR) is 83.6 cm³/mol. The number of hydrogen-bond donors (Lipinski definition) is 1. The third-order valence-electron chi connectivity index (χ3n) is 3.00. The number of thioether (sulfide) groups is 1. The van der Waals surface area contributed by atoms with E-state index in [9.17, 15) is 0 Å². The van der Waals surface area contributed by atoms with Gasteiger partial charge >= 0.3 is 0 Å². The number of rotatable bonds is 8. The van der Waals surface area contributed by atoms with Gasteiger partial charge in [0.1, 0.15) is 0 Å². The molecule has 0 saturated carbocycles. The molecule has 0 atom stereocenters. The highest BCUT2D eigenvalue weighted by Gasteiger charge is 1.99. The normalized spacial score (nSPS) is 11.2. The standard InChI is InChI=1S/C16H27NS/c1-13(2)6-5-9-17-10-11-18-16-8-7-14(3)12-15(16)4/h7-8,12-13,17H,5-6,9-11H2,1-4H3. The van der Waals surface area contributed by atoms with Crippen LogP contribution in [0.15, 0.2) is 23.1 Å². The summed E-state index contributed by atoms with van der Waals surface area (Å²) in [7, 11) is 0. The topological polar surface area (TPSA) is 12.0 Å². The Morgan fingerprint density at radius 2 is 1.94 bits per heavy atom. The zero-order chi connectivity index (χ0) is 13.4. The summed E-state index contributed by atoms with van der Waals surface area (Å²) in [5, 5.41) is 3.52. The molecular formula is C16H27NS. The van der Waals surface area contributed by atoms with Crippen LogP contribution in [0.2, 0.25) is 0 Å². The third kappa shape index (κ3) is 6.46. The van der Waals surface area contributed by atoms with E-state index in [4.69, 9.17) is 0 Å². The minimum atomic E-state index is 0.830. The summed E-state index contributed by atoms with van der Waals surface area (Å²) in [6.45, 7) is 11.2. The van der Waals surface area contributed by atoms with Crippen molar-refractivity contribution in [3.63, 3.8) is 0 Å². The third-order valence-corrected chi connectivity index (χ3v) is 4.18. The Balaban J connectivity index is 2.11. The van der Waals surface area contributed by atoms with E-state index >= 15 is 0 Å². The van der Waals surface area contributed by atoms with Gasteiger partial charge in [0.2, 0.25) is 0 Å². The second kappa shape index (κ2) is 8.60. The van der Waals surface area contributed by atoms with Crippen molar-refractivity contribution in [3.8, 4) is 0 Å². The van der Waals surface area contributed by atoms with Gasteiger partial charge in [0.05, 0.1) is 0 Å². The molecule has 2 heteroatoms. The molecule has 0 saturated heterocycles. The van der Waals surface area contributed by atoms with E-state index < -0.39 is 0 Å². The molecule has 0 heterocycles. The van der Waals surface area contributed by atoms with Crippen molar-refractivity contribution >= 4 is 11.8 Å². The van der Waals surface area contributed by atoms with Gasteiger partial charge in [-0.3, -0.25) is 0 Å². The van der Waals surface area contributed by atoms with Crippen LogP contribution in [-0.4, -0.2) is 18.8 Å². The Hall–Kier alpha value is -0.470. The molecule has 0 aliphatic rings. The van der Waals surface area contributed by atoms with Gasteiger partial charge in [-0.15, -0.1) is 11.8 Å². The molecule has 0 aliphatic carbocycles. The molecule has 0 spiro atoms. The fraction of sp³-hybridized carbons (Fsp3) is 0.625. The van der Waals surface area contributed by atoms with Crippen molar-refractivity contribution in [2.45, 2.75) is 45.4 Å². The van der Waals surface area contributed by atoms with Gasteiger partial charge in [0.25, 0.3) is 0 Å².